The summed E-state index contributed by atoms with van der Waals surface area (Å²) in [6.45, 7) is 0.849. The van der Waals surface area contributed by atoms with Gasteiger partial charge in [0.2, 0.25) is 0 Å². The van der Waals surface area contributed by atoms with Crippen molar-refractivity contribution in [1.82, 2.24) is 4.57 Å². The van der Waals surface area contributed by atoms with Gasteiger partial charge in [-0.15, -0.1) is 0 Å². The van der Waals surface area contributed by atoms with E-state index in [2.05, 4.69) is 69.8 Å². The molecule has 0 amide bonds. The van der Waals surface area contributed by atoms with E-state index >= 15 is 0 Å². The smallest absolute Gasteiger partial charge is 0.0566 e. The maximum absolute atomic E-state index is 4.39. The molecule has 0 radical (unpaired) electrons. The highest BCUT2D eigenvalue weighted by Gasteiger charge is 2.06. The molecule has 3 heteroatoms. The fourth-order valence-corrected chi connectivity index (χ4v) is 2.98. The van der Waals surface area contributed by atoms with Gasteiger partial charge >= 0.3 is 0 Å². The number of benzene rings is 3. The van der Waals surface area contributed by atoms with E-state index in [9.17, 15) is 0 Å². The van der Waals surface area contributed by atoms with Gasteiger partial charge in [-0.05, 0) is 23.8 Å². The first kappa shape index (κ1) is 15.2. The molecule has 3 aromatic carbocycles. The minimum atomic E-state index is 0.849. The summed E-state index contributed by atoms with van der Waals surface area (Å²) in [5.74, 6) is 0. The number of aromatic nitrogens is 1. The van der Waals surface area contributed by atoms with Gasteiger partial charge in [0.1, 0.15) is 0 Å². The van der Waals surface area contributed by atoms with Crippen molar-refractivity contribution in [3.63, 3.8) is 0 Å². The van der Waals surface area contributed by atoms with Crippen molar-refractivity contribution in [3.05, 3.63) is 102 Å². The Kier molecular flexibility index (Phi) is 4.29. The van der Waals surface area contributed by atoms with Crippen molar-refractivity contribution in [2.75, 3.05) is 5.43 Å². The average Bonchev–Trinajstić information content (AvgIpc) is 3.01. The Labute approximate surface area is 147 Å². The number of fused-ring (bicyclic) bond motifs is 1. The number of hydrazone groups is 1. The molecule has 0 spiro atoms. The van der Waals surface area contributed by atoms with E-state index in [1.54, 1.807) is 0 Å². The molecule has 4 aromatic rings. The van der Waals surface area contributed by atoms with Crippen LogP contribution in [0.4, 0.5) is 5.69 Å². The molecule has 0 aliphatic heterocycles. The average molecular weight is 325 g/mol. The summed E-state index contributed by atoms with van der Waals surface area (Å²) in [4.78, 5) is 0. The molecule has 0 bridgehead atoms. The van der Waals surface area contributed by atoms with Gasteiger partial charge in [0.25, 0.3) is 0 Å². The monoisotopic (exact) mass is 325 g/mol. The Morgan fingerprint density at radius 1 is 0.800 bits per heavy atom. The van der Waals surface area contributed by atoms with Gasteiger partial charge in [-0.25, -0.2) is 0 Å². The fourth-order valence-electron chi connectivity index (χ4n) is 2.98. The van der Waals surface area contributed by atoms with Gasteiger partial charge in [0, 0.05) is 29.2 Å². The molecule has 3 nitrogen and oxygen atoms in total. The molecule has 1 N–H and O–H groups in total. The summed E-state index contributed by atoms with van der Waals surface area (Å²) < 4.78 is 2.27. The summed E-state index contributed by atoms with van der Waals surface area (Å²) in [6, 6.07) is 28.9. The molecule has 0 aliphatic rings. The second-order valence-corrected chi connectivity index (χ2v) is 5.95. The zero-order valence-electron chi connectivity index (χ0n) is 13.8. The molecule has 0 saturated carbocycles. The van der Waals surface area contributed by atoms with Crippen LogP contribution in [-0.2, 0) is 6.54 Å². The van der Waals surface area contributed by atoms with Crippen LogP contribution in [0.3, 0.4) is 0 Å². The topological polar surface area (TPSA) is 29.3 Å². The van der Waals surface area contributed by atoms with Crippen LogP contribution >= 0.6 is 0 Å². The summed E-state index contributed by atoms with van der Waals surface area (Å²) >= 11 is 0. The molecule has 0 atom stereocenters. The number of hydrogen-bond donors (Lipinski definition) is 1. The fraction of sp³-hybridized carbons (Fsp3) is 0.0455. The lowest BCUT2D eigenvalue weighted by molar-refractivity contribution is 0.836. The highest BCUT2D eigenvalue weighted by molar-refractivity contribution is 5.99. The van der Waals surface area contributed by atoms with Crippen LogP contribution in [0, 0.1) is 0 Å². The quantitative estimate of drug-likeness (QED) is 0.400. The third-order valence-corrected chi connectivity index (χ3v) is 4.19. The summed E-state index contributed by atoms with van der Waals surface area (Å²) in [5.41, 5.74) is 7.66. The number of rotatable bonds is 5. The first-order valence-corrected chi connectivity index (χ1v) is 8.36. The van der Waals surface area contributed by atoms with E-state index in [0.717, 1.165) is 17.8 Å². The molecule has 0 aliphatic carbocycles. The van der Waals surface area contributed by atoms with Gasteiger partial charge in [-0.1, -0.05) is 66.7 Å². The minimum Gasteiger partial charge on any atom is -0.342 e. The van der Waals surface area contributed by atoms with Gasteiger partial charge in [-0.3, -0.25) is 5.43 Å². The van der Waals surface area contributed by atoms with Crippen LogP contribution in [0.15, 0.2) is 96.2 Å². The van der Waals surface area contributed by atoms with Gasteiger partial charge in [0.15, 0.2) is 0 Å². The van der Waals surface area contributed by atoms with Gasteiger partial charge in [-0.2, -0.15) is 5.10 Å². The second kappa shape index (κ2) is 7.05. The lowest BCUT2D eigenvalue weighted by Gasteiger charge is -2.05. The van der Waals surface area contributed by atoms with Crippen molar-refractivity contribution in [2.24, 2.45) is 5.10 Å². The van der Waals surface area contributed by atoms with E-state index in [4.69, 9.17) is 0 Å². The van der Waals surface area contributed by atoms with Crippen LogP contribution < -0.4 is 5.43 Å². The van der Waals surface area contributed by atoms with E-state index in [1.807, 2.05) is 42.6 Å². The summed E-state index contributed by atoms with van der Waals surface area (Å²) in [7, 11) is 0. The van der Waals surface area contributed by atoms with Crippen LogP contribution in [0.25, 0.3) is 10.9 Å². The zero-order valence-corrected chi connectivity index (χ0v) is 13.8. The molecular weight excluding hydrogens is 306 g/mol. The van der Waals surface area contributed by atoms with Crippen LogP contribution in [-0.4, -0.2) is 10.8 Å². The summed E-state index contributed by atoms with van der Waals surface area (Å²) in [6.07, 6.45) is 4.05. The highest BCUT2D eigenvalue weighted by atomic mass is 15.3. The first-order valence-electron chi connectivity index (χ1n) is 8.36. The normalized spacial score (nSPS) is 11.2. The van der Waals surface area contributed by atoms with Crippen molar-refractivity contribution < 1.29 is 0 Å². The van der Waals surface area contributed by atoms with E-state index in [1.165, 1.54) is 16.5 Å². The Bertz CT molecular complexity index is 986. The molecule has 4 rings (SSSR count). The number of hydrogen-bond acceptors (Lipinski definition) is 2. The van der Waals surface area contributed by atoms with E-state index in [-0.39, 0.29) is 0 Å². The Hall–Kier alpha value is -3.33. The number of anilines is 1. The van der Waals surface area contributed by atoms with Crippen LogP contribution in [0.2, 0.25) is 0 Å². The van der Waals surface area contributed by atoms with Crippen LogP contribution in [0.5, 0.6) is 0 Å². The molecule has 122 valence electrons. The molecular formula is C22H19N3. The Balaban J connectivity index is 1.63. The lowest BCUT2D eigenvalue weighted by Crippen LogP contribution is -1.97. The standard InChI is InChI=1S/C22H19N3/c1-3-9-18(10-4-1)16-25-17-19(21-13-7-8-14-22(21)25)15-23-24-20-11-5-2-6-12-20/h1-15,17,24H,16H2/b23-15-. The van der Waals surface area contributed by atoms with Crippen molar-refractivity contribution >= 4 is 22.8 Å². The summed E-state index contributed by atoms with van der Waals surface area (Å²) in [5, 5.41) is 5.60. The van der Waals surface area contributed by atoms with E-state index < -0.39 is 0 Å². The molecule has 0 fully saturated rings. The van der Waals surface area contributed by atoms with E-state index in [0.29, 0.717) is 0 Å². The van der Waals surface area contributed by atoms with Crippen molar-refractivity contribution in [2.45, 2.75) is 6.54 Å². The van der Waals surface area contributed by atoms with Gasteiger partial charge < -0.3 is 4.57 Å². The third kappa shape index (κ3) is 3.45. The van der Waals surface area contributed by atoms with Crippen molar-refractivity contribution in [1.29, 1.82) is 0 Å². The van der Waals surface area contributed by atoms with Crippen LogP contribution in [0.1, 0.15) is 11.1 Å². The molecule has 0 saturated heterocycles. The number of para-hydroxylation sites is 2. The predicted octanol–water partition coefficient (Wildman–Crippen LogP) is 5.14. The Morgan fingerprint density at radius 3 is 2.28 bits per heavy atom. The maximum atomic E-state index is 4.39. The molecule has 1 aromatic heterocycles. The second-order valence-electron chi connectivity index (χ2n) is 5.95. The molecule has 25 heavy (non-hydrogen) atoms. The largest absolute Gasteiger partial charge is 0.342 e. The highest BCUT2D eigenvalue weighted by Crippen LogP contribution is 2.21. The van der Waals surface area contributed by atoms with Crippen molar-refractivity contribution in [3.8, 4) is 0 Å². The number of nitrogens with zero attached hydrogens (tertiary/aromatic N) is 2. The lowest BCUT2D eigenvalue weighted by atomic mass is 10.2. The maximum Gasteiger partial charge on any atom is 0.0566 e. The van der Waals surface area contributed by atoms with Gasteiger partial charge in [0.05, 0.1) is 11.9 Å². The SMILES string of the molecule is C(=N/Nc1ccccc1)/c1cn(Cc2ccccc2)c2ccccc12. The number of nitrogens with one attached hydrogen (secondary N) is 1. The third-order valence-electron chi connectivity index (χ3n) is 4.19. The zero-order chi connectivity index (χ0) is 16.9. The Morgan fingerprint density at radius 2 is 1.48 bits per heavy atom. The predicted molar refractivity (Wildman–Crippen MR) is 105 cm³/mol. The molecule has 0 unspecified atom stereocenters. The first-order chi connectivity index (χ1) is 12.4. The minimum absolute atomic E-state index is 0.849. The molecule has 1 heterocycles.